The normalized spacial score (nSPS) is 12.4. The molecule has 2 aromatic carbocycles. The molecular formula is C15H13Br2F. The molecule has 0 N–H and O–H groups in total. The molecule has 0 aliphatic rings. The van der Waals surface area contributed by atoms with Crippen LogP contribution in [0.2, 0.25) is 0 Å². The molecule has 0 aromatic heterocycles. The molecule has 18 heavy (non-hydrogen) atoms. The van der Waals surface area contributed by atoms with E-state index in [1.807, 2.05) is 12.1 Å². The number of halogens is 3. The summed E-state index contributed by atoms with van der Waals surface area (Å²) in [7, 11) is 0. The van der Waals surface area contributed by atoms with Gasteiger partial charge in [-0.05, 0) is 52.5 Å². The van der Waals surface area contributed by atoms with Gasteiger partial charge >= 0.3 is 0 Å². The third kappa shape index (κ3) is 3.42. The number of hydrogen-bond acceptors (Lipinski definition) is 0. The van der Waals surface area contributed by atoms with Crippen molar-refractivity contribution in [2.75, 3.05) is 0 Å². The highest BCUT2D eigenvalue weighted by Crippen LogP contribution is 2.30. The summed E-state index contributed by atoms with van der Waals surface area (Å²) in [6.07, 6.45) is 0.889. The Morgan fingerprint density at radius 3 is 2.61 bits per heavy atom. The number of benzene rings is 2. The van der Waals surface area contributed by atoms with Crippen molar-refractivity contribution in [3.8, 4) is 0 Å². The Hall–Kier alpha value is -0.670. The quantitative estimate of drug-likeness (QED) is 0.618. The van der Waals surface area contributed by atoms with E-state index in [9.17, 15) is 4.39 Å². The van der Waals surface area contributed by atoms with Crippen LogP contribution < -0.4 is 0 Å². The highest BCUT2D eigenvalue weighted by atomic mass is 79.9. The van der Waals surface area contributed by atoms with Gasteiger partial charge in [0.1, 0.15) is 5.82 Å². The molecule has 3 heteroatoms. The van der Waals surface area contributed by atoms with Crippen LogP contribution in [0.3, 0.4) is 0 Å². The molecule has 0 bridgehead atoms. The molecule has 0 amide bonds. The first-order valence-electron chi connectivity index (χ1n) is 5.71. The van der Waals surface area contributed by atoms with Crippen molar-refractivity contribution in [3.63, 3.8) is 0 Å². The molecule has 0 spiro atoms. The Kier molecular flexibility index (Phi) is 4.57. The molecule has 2 aromatic rings. The summed E-state index contributed by atoms with van der Waals surface area (Å²) in [5, 5.41) is 0. The van der Waals surface area contributed by atoms with Crippen molar-refractivity contribution in [3.05, 3.63) is 69.4 Å². The second-order valence-electron chi connectivity index (χ2n) is 4.33. The van der Waals surface area contributed by atoms with E-state index < -0.39 is 0 Å². The van der Waals surface area contributed by atoms with Crippen LogP contribution in [-0.4, -0.2) is 0 Å². The summed E-state index contributed by atoms with van der Waals surface area (Å²) in [4.78, 5) is 0.191. The van der Waals surface area contributed by atoms with E-state index in [2.05, 4.69) is 63.0 Å². The summed E-state index contributed by atoms with van der Waals surface area (Å²) >= 11 is 6.88. The predicted octanol–water partition coefficient (Wildman–Crippen LogP) is 5.58. The van der Waals surface area contributed by atoms with Crippen LogP contribution in [0, 0.1) is 12.7 Å². The molecule has 94 valence electrons. The Balaban J connectivity index is 2.16. The minimum Gasteiger partial charge on any atom is -0.206 e. The zero-order chi connectivity index (χ0) is 13.1. The summed E-state index contributed by atoms with van der Waals surface area (Å²) in [5.74, 6) is -0.228. The van der Waals surface area contributed by atoms with Crippen LogP contribution in [0.4, 0.5) is 4.39 Å². The first-order chi connectivity index (χ1) is 8.56. The lowest BCUT2D eigenvalue weighted by molar-refractivity contribution is 0.620. The van der Waals surface area contributed by atoms with Crippen molar-refractivity contribution in [2.24, 2.45) is 0 Å². The van der Waals surface area contributed by atoms with E-state index >= 15 is 0 Å². The minimum atomic E-state index is -0.228. The summed E-state index contributed by atoms with van der Waals surface area (Å²) in [5.41, 5.74) is 3.61. The van der Waals surface area contributed by atoms with Gasteiger partial charge in [0.05, 0.1) is 4.47 Å². The van der Waals surface area contributed by atoms with Crippen LogP contribution in [0.15, 0.2) is 46.9 Å². The SMILES string of the molecule is Cc1cccc(CC(Br)c2ccc(F)c(Br)c2)c1. The number of rotatable bonds is 3. The predicted molar refractivity (Wildman–Crippen MR) is 80.7 cm³/mol. The average molecular weight is 372 g/mol. The summed E-state index contributed by atoms with van der Waals surface area (Å²) in [6.45, 7) is 2.08. The van der Waals surface area contributed by atoms with Gasteiger partial charge in [0, 0.05) is 4.83 Å². The van der Waals surface area contributed by atoms with Crippen LogP contribution in [0.25, 0.3) is 0 Å². The number of hydrogen-bond donors (Lipinski definition) is 0. The topological polar surface area (TPSA) is 0 Å². The van der Waals surface area contributed by atoms with Gasteiger partial charge < -0.3 is 0 Å². The number of alkyl halides is 1. The first-order valence-corrected chi connectivity index (χ1v) is 7.41. The molecule has 0 radical (unpaired) electrons. The van der Waals surface area contributed by atoms with Crippen molar-refractivity contribution in [1.82, 2.24) is 0 Å². The van der Waals surface area contributed by atoms with Gasteiger partial charge in [-0.3, -0.25) is 0 Å². The standard InChI is InChI=1S/C15H13Br2F/c1-10-3-2-4-11(7-10)8-13(16)12-5-6-15(18)14(17)9-12/h2-7,9,13H,8H2,1H3. The number of aryl methyl sites for hydroxylation is 1. The Labute approximate surface area is 123 Å². The maximum absolute atomic E-state index is 13.2. The van der Waals surface area contributed by atoms with E-state index in [0.717, 1.165) is 12.0 Å². The van der Waals surface area contributed by atoms with E-state index in [1.54, 1.807) is 0 Å². The van der Waals surface area contributed by atoms with E-state index in [0.29, 0.717) is 4.47 Å². The molecule has 0 aliphatic carbocycles. The van der Waals surface area contributed by atoms with Gasteiger partial charge in [-0.15, -0.1) is 0 Å². The van der Waals surface area contributed by atoms with Gasteiger partial charge in [0.2, 0.25) is 0 Å². The molecule has 1 atom stereocenters. The fourth-order valence-electron chi connectivity index (χ4n) is 1.87. The van der Waals surface area contributed by atoms with Gasteiger partial charge in [0.15, 0.2) is 0 Å². The van der Waals surface area contributed by atoms with E-state index in [1.165, 1.54) is 17.2 Å². The molecule has 0 saturated carbocycles. The van der Waals surface area contributed by atoms with Crippen molar-refractivity contribution >= 4 is 31.9 Å². The molecule has 0 aliphatic heterocycles. The Morgan fingerprint density at radius 1 is 1.17 bits per heavy atom. The second kappa shape index (κ2) is 5.98. The summed E-state index contributed by atoms with van der Waals surface area (Å²) < 4.78 is 13.7. The highest BCUT2D eigenvalue weighted by Gasteiger charge is 2.10. The Morgan fingerprint density at radius 2 is 1.94 bits per heavy atom. The fraction of sp³-hybridized carbons (Fsp3) is 0.200. The van der Waals surface area contributed by atoms with Crippen LogP contribution in [0.5, 0.6) is 0 Å². The molecule has 0 fully saturated rings. The fourth-order valence-corrected chi connectivity index (χ4v) is 2.93. The molecule has 2 rings (SSSR count). The van der Waals surface area contributed by atoms with E-state index in [4.69, 9.17) is 0 Å². The van der Waals surface area contributed by atoms with Gasteiger partial charge in [-0.1, -0.05) is 51.8 Å². The second-order valence-corrected chi connectivity index (χ2v) is 6.29. The lowest BCUT2D eigenvalue weighted by atomic mass is 10.0. The molecular weight excluding hydrogens is 359 g/mol. The monoisotopic (exact) mass is 370 g/mol. The van der Waals surface area contributed by atoms with Gasteiger partial charge in [-0.25, -0.2) is 4.39 Å². The summed E-state index contributed by atoms with van der Waals surface area (Å²) in [6, 6.07) is 13.6. The van der Waals surface area contributed by atoms with E-state index in [-0.39, 0.29) is 10.6 Å². The van der Waals surface area contributed by atoms with Crippen molar-refractivity contribution in [2.45, 2.75) is 18.2 Å². The first kappa shape index (κ1) is 13.8. The van der Waals surface area contributed by atoms with Gasteiger partial charge in [0.25, 0.3) is 0 Å². The zero-order valence-electron chi connectivity index (χ0n) is 9.96. The highest BCUT2D eigenvalue weighted by molar-refractivity contribution is 9.10. The third-order valence-corrected chi connectivity index (χ3v) is 4.26. The zero-order valence-corrected chi connectivity index (χ0v) is 13.1. The minimum absolute atomic E-state index is 0.191. The lowest BCUT2D eigenvalue weighted by Crippen LogP contribution is -1.96. The molecule has 0 nitrogen and oxygen atoms in total. The maximum Gasteiger partial charge on any atom is 0.137 e. The third-order valence-electron chi connectivity index (χ3n) is 2.80. The lowest BCUT2D eigenvalue weighted by Gasteiger charge is -2.11. The Bertz CT molecular complexity index is 552. The smallest absolute Gasteiger partial charge is 0.137 e. The maximum atomic E-state index is 13.2. The molecule has 0 saturated heterocycles. The van der Waals surface area contributed by atoms with Crippen LogP contribution in [0.1, 0.15) is 21.5 Å². The van der Waals surface area contributed by atoms with Crippen LogP contribution >= 0.6 is 31.9 Å². The average Bonchev–Trinajstić information content (AvgIpc) is 2.32. The van der Waals surface area contributed by atoms with Crippen LogP contribution in [-0.2, 0) is 6.42 Å². The molecule has 1 unspecified atom stereocenters. The van der Waals surface area contributed by atoms with Gasteiger partial charge in [-0.2, -0.15) is 0 Å². The van der Waals surface area contributed by atoms with Crippen molar-refractivity contribution in [1.29, 1.82) is 0 Å². The van der Waals surface area contributed by atoms with Crippen molar-refractivity contribution < 1.29 is 4.39 Å². The molecule has 0 heterocycles. The largest absolute Gasteiger partial charge is 0.206 e.